The van der Waals surface area contributed by atoms with Gasteiger partial charge >= 0.3 is 0 Å². The predicted molar refractivity (Wildman–Crippen MR) is 85.9 cm³/mol. The first kappa shape index (κ1) is 15.4. The molecule has 118 valence electrons. The molecule has 2 aromatic rings. The number of piperidine rings is 1. The number of fused-ring (bicyclic) bond motifs is 1. The van der Waals surface area contributed by atoms with Crippen molar-refractivity contribution in [2.75, 3.05) is 30.8 Å². The third kappa shape index (κ3) is 3.15. The summed E-state index contributed by atoms with van der Waals surface area (Å²) in [6.07, 6.45) is 5.65. The molecule has 1 atom stereocenters. The van der Waals surface area contributed by atoms with Gasteiger partial charge in [0, 0.05) is 31.1 Å². The number of hydrogen-bond donors (Lipinski definition) is 1. The first-order valence-corrected chi connectivity index (χ1v) is 8.52. The van der Waals surface area contributed by atoms with Gasteiger partial charge in [0.05, 0.1) is 5.52 Å². The van der Waals surface area contributed by atoms with E-state index in [1.165, 1.54) is 12.4 Å². The molecule has 0 radical (unpaired) electrons. The van der Waals surface area contributed by atoms with Crippen molar-refractivity contribution in [2.24, 2.45) is 5.92 Å². The lowest BCUT2D eigenvalue weighted by molar-refractivity contribution is 0.415. The van der Waals surface area contributed by atoms with Crippen LogP contribution in [-0.4, -0.2) is 35.9 Å². The van der Waals surface area contributed by atoms with E-state index in [2.05, 4.69) is 19.6 Å². The number of rotatable bonds is 4. The van der Waals surface area contributed by atoms with Crippen LogP contribution in [0.25, 0.3) is 10.9 Å². The van der Waals surface area contributed by atoms with Gasteiger partial charge in [-0.1, -0.05) is 11.9 Å². The molecule has 1 aromatic carbocycles. The second-order valence-corrected chi connectivity index (χ2v) is 6.18. The van der Waals surface area contributed by atoms with Gasteiger partial charge in [-0.25, -0.2) is 18.7 Å². The monoisotopic (exact) mass is 324 g/mol. The standard InChI is InChI=1S/C15H18F2N4S/c1-22-20-7-10-3-2-4-21(8-10)15-11-5-12(16)13(17)6-14(11)18-9-19-15/h5-6,9-10,20H,2-4,7-8H2,1H3. The molecule has 1 unspecified atom stereocenters. The quantitative estimate of drug-likeness (QED) is 0.876. The Morgan fingerprint density at radius 3 is 2.95 bits per heavy atom. The van der Waals surface area contributed by atoms with Crippen LogP contribution in [0, 0.1) is 17.6 Å². The van der Waals surface area contributed by atoms with Crippen LogP contribution in [-0.2, 0) is 0 Å². The third-order valence-corrected chi connectivity index (χ3v) is 4.45. The van der Waals surface area contributed by atoms with Gasteiger partial charge in [0.25, 0.3) is 0 Å². The van der Waals surface area contributed by atoms with Gasteiger partial charge in [-0.05, 0) is 31.1 Å². The second-order valence-electron chi connectivity index (χ2n) is 5.49. The summed E-state index contributed by atoms with van der Waals surface area (Å²) in [6.45, 7) is 2.67. The van der Waals surface area contributed by atoms with Crippen molar-refractivity contribution < 1.29 is 8.78 Å². The lowest BCUT2D eigenvalue weighted by Crippen LogP contribution is -2.39. The molecule has 1 aliphatic heterocycles. The van der Waals surface area contributed by atoms with Crippen molar-refractivity contribution in [2.45, 2.75) is 12.8 Å². The maximum absolute atomic E-state index is 13.6. The van der Waals surface area contributed by atoms with Crippen LogP contribution in [0.3, 0.4) is 0 Å². The summed E-state index contributed by atoms with van der Waals surface area (Å²) in [5, 5.41) is 0.569. The first-order chi connectivity index (χ1) is 10.7. The van der Waals surface area contributed by atoms with Crippen LogP contribution in [0.4, 0.5) is 14.6 Å². The summed E-state index contributed by atoms with van der Waals surface area (Å²) in [7, 11) is 0. The lowest BCUT2D eigenvalue weighted by Gasteiger charge is -2.34. The highest BCUT2D eigenvalue weighted by Gasteiger charge is 2.22. The molecule has 4 nitrogen and oxygen atoms in total. The van der Waals surface area contributed by atoms with E-state index in [4.69, 9.17) is 0 Å². The van der Waals surface area contributed by atoms with Crippen LogP contribution >= 0.6 is 11.9 Å². The molecule has 0 bridgehead atoms. The highest BCUT2D eigenvalue weighted by molar-refractivity contribution is 7.96. The number of hydrogen-bond acceptors (Lipinski definition) is 5. The van der Waals surface area contributed by atoms with E-state index >= 15 is 0 Å². The van der Waals surface area contributed by atoms with Gasteiger partial charge in [-0.3, -0.25) is 4.72 Å². The van der Waals surface area contributed by atoms with Gasteiger partial charge in [-0.2, -0.15) is 0 Å². The van der Waals surface area contributed by atoms with Crippen molar-refractivity contribution in [1.29, 1.82) is 0 Å². The topological polar surface area (TPSA) is 41.0 Å². The molecule has 0 spiro atoms. The Hall–Kier alpha value is -1.47. The minimum absolute atomic E-state index is 0.438. The molecule has 0 saturated carbocycles. The van der Waals surface area contributed by atoms with Gasteiger partial charge in [0.1, 0.15) is 12.1 Å². The fourth-order valence-corrected chi connectivity index (χ4v) is 3.32. The summed E-state index contributed by atoms with van der Waals surface area (Å²) >= 11 is 1.61. The van der Waals surface area contributed by atoms with Gasteiger partial charge < -0.3 is 4.90 Å². The summed E-state index contributed by atoms with van der Waals surface area (Å²) in [5.41, 5.74) is 0.438. The maximum atomic E-state index is 13.6. The zero-order chi connectivity index (χ0) is 15.5. The van der Waals surface area contributed by atoms with Crippen LogP contribution in [0.2, 0.25) is 0 Å². The Morgan fingerprint density at radius 1 is 1.32 bits per heavy atom. The zero-order valence-corrected chi connectivity index (χ0v) is 13.2. The smallest absolute Gasteiger partial charge is 0.161 e. The molecule has 22 heavy (non-hydrogen) atoms. The zero-order valence-electron chi connectivity index (χ0n) is 12.4. The fourth-order valence-electron chi connectivity index (χ4n) is 2.91. The van der Waals surface area contributed by atoms with E-state index in [0.717, 1.165) is 38.5 Å². The van der Waals surface area contributed by atoms with E-state index in [0.29, 0.717) is 22.6 Å². The minimum atomic E-state index is -0.877. The van der Waals surface area contributed by atoms with Crippen molar-refractivity contribution >= 4 is 28.7 Å². The summed E-state index contributed by atoms with van der Waals surface area (Å²) in [6, 6.07) is 2.33. The molecule has 1 saturated heterocycles. The SMILES string of the molecule is CSNCC1CCCN(c2ncnc3cc(F)c(F)cc23)C1. The minimum Gasteiger partial charge on any atom is -0.356 e. The van der Waals surface area contributed by atoms with E-state index < -0.39 is 11.6 Å². The van der Waals surface area contributed by atoms with Crippen molar-refractivity contribution in [1.82, 2.24) is 14.7 Å². The Balaban J connectivity index is 1.90. The maximum Gasteiger partial charge on any atom is 0.161 e. The van der Waals surface area contributed by atoms with Gasteiger partial charge in [0.2, 0.25) is 0 Å². The normalized spacial score (nSPS) is 18.9. The molecular formula is C15H18F2N4S. The van der Waals surface area contributed by atoms with Crippen LogP contribution in [0.15, 0.2) is 18.5 Å². The van der Waals surface area contributed by atoms with E-state index in [-0.39, 0.29) is 0 Å². The number of halogens is 2. The average Bonchev–Trinajstić information content (AvgIpc) is 2.54. The Kier molecular flexibility index (Phi) is 4.73. The number of anilines is 1. The fraction of sp³-hybridized carbons (Fsp3) is 0.467. The van der Waals surface area contributed by atoms with Crippen molar-refractivity contribution in [3.63, 3.8) is 0 Å². The van der Waals surface area contributed by atoms with Crippen molar-refractivity contribution in [3.05, 3.63) is 30.1 Å². The van der Waals surface area contributed by atoms with Crippen LogP contribution in [0.1, 0.15) is 12.8 Å². The molecule has 1 N–H and O–H groups in total. The molecule has 1 fully saturated rings. The molecule has 1 aliphatic rings. The van der Waals surface area contributed by atoms with Crippen LogP contribution in [0.5, 0.6) is 0 Å². The number of nitrogens with zero attached hydrogens (tertiary/aromatic N) is 3. The van der Waals surface area contributed by atoms with Crippen molar-refractivity contribution in [3.8, 4) is 0 Å². The molecule has 3 rings (SSSR count). The largest absolute Gasteiger partial charge is 0.356 e. The number of aromatic nitrogens is 2. The van der Waals surface area contributed by atoms with E-state index in [9.17, 15) is 8.78 Å². The number of benzene rings is 1. The Bertz CT molecular complexity index is 667. The Labute approximate surface area is 132 Å². The van der Waals surface area contributed by atoms with Gasteiger partial charge in [-0.15, -0.1) is 0 Å². The lowest BCUT2D eigenvalue weighted by atomic mass is 9.98. The van der Waals surface area contributed by atoms with E-state index in [1.807, 2.05) is 6.26 Å². The molecule has 7 heteroatoms. The van der Waals surface area contributed by atoms with Gasteiger partial charge in [0.15, 0.2) is 11.6 Å². The summed E-state index contributed by atoms with van der Waals surface area (Å²) in [4.78, 5) is 10.5. The molecular weight excluding hydrogens is 306 g/mol. The highest BCUT2D eigenvalue weighted by atomic mass is 32.2. The van der Waals surface area contributed by atoms with Crippen LogP contribution < -0.4 is 9.62 Å². The van der Waals surface area contributed by atoms with E-state index in [1.54, 1.807) is 11.9 Å². The molecule has 0 aliphatic carbocycles. The number of nitrogens with one attached hydrogen (secondary N) is 1. The average molecular weight is 324 g/mol. The second kappa shape index (κ2) is 6.75. The predicted octanol–water partition coefficient (Wildman–Crippen LogP) is 2.99. The molecule has 0 amide bonds. The first-order valence-electron chi connectivity index (χ1n) is 7.29. The summed E-state index contributed by atoms with van der Waals surface area (Å²) in [5.74, 6) is -0.520. The molecule has 1 aromatic heterocycles. The molecule has 2 heterocycles. The summed E-state index contributed by atoms with van der Waals surface area (Å²) < 4.78 is 30.2. The third-order valence-electron chi connectivity index (χ3n) is 3.99. The Morgan fingerprint density at radius 2 is 2.14 bits per heavy atom. The highest BCUT2D eigenvalue weighted by Crippen LogP contribution is 2.28.